The van der Waals surface area contributed by atoms with Gasteiger partial charge in [-0.25, -0.2) is 18.1 Å². The molecular formula is C10H14N4O3S2. The summed E-state index contributed by atoms with van der Waals surface area (Å²) in [7, 11) is -3.71. The van der Waals surface area contributed by atoms with Crippen molar-refractivity contribution in [3.05, 3.63) is 27.5 Å². The Morgan fingerprint density at radius 2 is 2.21 bits per heavy atom. The Balaban J connectivity index is 2.23. The second kappa shape index (κ2) is 5.37. The van der Waals surface area contributed by atoms with E-state index in [1.54, 1.807) is 12.4 Å². The number of nitrogens with one attached hydrogen (secondary N) is 2. The molecule has 0 bridgehead atoms. The number of hydrogen-bond acceptors (Lipinski definition) is 6. The first-order valence-electron chi connectivity index (χ1n) is 5.49. The van der Waals surface area contributed by atoms with Crippen LogP contribution in [0.1, 0.15) is 22.0 Å². The zero-order valence-corrected chi connectivity index (χ0v) is 12.1. The molecule has 0 unspecified atom stereocenters. The van der Waals surface area contributed by atoms with Crippen LogP contribution in [0.2, 0.25) is 0 Å². The van der Waals surface area contributed by atoms with Gasteiger partial charge in [-0.1, -0.05) is 0 Å². The van der Waals surface area contributed by atoms with E-state index in [0.717, 1.165) is 10.6 Å². The average Bonchev–Trinajstić information content (AvgIpc) is 2.93. The molecule has 0 aliphatic rings. The van der Waals surface area contributed by atoms with E-state index >= 15 is 0 Å². The van der Waals surface area contributed by atoms with Crippen LogP contribution >= 0.6 is 11.3 Å². The lowest BCUT2D eigenvalue weighted by Crippen LogP contribution is -2.24. The number of nitrogens with zero attached hydrogens (tertiary/aromatic N) is 2. The van der Waals surface area contributed by atoms with E-state index in [-0.39, 0.29) is 17.1 Å². The molecule has 0 atom stereocenters. The van der Waals surface area contributed by atoms with Crippen LogP contribution in [0, 0.1) is 13.8 Å². The number of aryl methyl sites for hydroxylation is 2. The summed E-state index contributed by atoms with van der Waals surface area (Å²) in [6.45, 7) is 3.16. The summed E-state index contributed by atoms with van der Waals surface area (Å²) in [5, 5.41) is 15.4. The lowest BCUT2D eigenvalue weighted by Gasteiger charge is -2.06. The molecule has 0 amide bonds. The Labute approximate surface area is 114 Å². The van der Waals surface area contributed by atoms with Crippen molar-refractivity contribution in [1.29, 1.82) is 0 Å². The Hall–Kier alpha value is -1.29. The van der Waals surface area contributed by atoms with E-state index in [1.165, 1.54) is 11.3 Å². The smallest absolute Gasteiger partial charge is 0.244 e. The summed E-state index contributed by atoms with van der Waals surface area (Å²) in [6, 6.07) is 0. The van der Waals surface area contributed by atoms with E-state index in [1.807, 2.05) is 6.92 Å². The maximum atomic E-state index is 12.2. The molecule has 7 nitrogen and oxygen atoms in total. The minimum Gasteiger partial charge on any atom is -0.390 e. The van der Waals surface area contributed by atoms with E-state index in [4.69, 9.17) is 5.11 Å². The maximum Gasteiger partial charge on any atom is 0.244 e. The van der Waals surface area contributed by atoms with E-state index < -0.39 is 16.6 Å². The highest BCUT2D eigenvalue weighted by atomic mass is 32.2. The molecule has 0 aliphatic carbocycles. The van der Waals surface area contributed by atoms with Gasteiger partial charge in [-0.15, -0.1) is 11.3 Å². The normalized spacial score (nSPS) is 11.9. The zero-order chi connectivity index (χ0) is 14.0. The van der Waals surface area contributed by atoms with Crippen molar-refractivity contribution >= 4 is 21.4 Å². The minimum absolute atomic E-state index is 0.0113. The van der Waals surface area contributed by atoms with Crippen molar-refractivity contribution in [2.75, 3.05) is 0 Å². The lowest BCUT2D eigenvalue weighted by molar-refractivity contribution is 0.273. The van der Waals surface area contributed by atoms with Crippen molar-refractivity contribution in [1.82, 2.24) is 19.9 Å². The molecule has 0 saturated heterocycles. The molecule has 19 heavy (non-hydrogen) atoms. The van der Waals surface area contributed by atoms with E-state index in [9.17, 15) is 8.42 Å². The van der Waals surface area contributed by atoms with Gasteiger partial charge in [-0.3, -0.25) is 5.10 Å². The topological polar surface area (TPSA) is 108 Å². The second-order valence-corrected chi connectivity index (χ2v) is 6.61. The summed E-state index contributed by atoms with van der Waals surface area (Å²) in [4.78, 5) is 4.92. The average molecular weight is 302 g/mol. The monoisotopic (exact) mass is 302 g/mol. The van der Waals surface area contributed by atoms with Crippen molar-refractivity contribution in [3.8, 4) is 0 Å². The molecule has 0 saturated carbocycles. The van der Waals surface area contributed by atoms with Crippen LogP contribution in [0.3, 0.4) is 0 Å². The van der Waals surface area contributed by atoms with Crippen molar-refractivity contribution < 1.29 is 13.5 Å². The summed E-state index contributed by atoms with van der Waals surface area (Å²) >= 11 is 1.39. The molecule has 0 aromatic carbocycles. The van der Waals surface area contributed by atoms with Crippen LogP contribution in [-0.4, -0.2) is 28.7 Å². The fraction of sp³-hybridized carbons (Fsp3) is 0.400. The van der Waals surface area contributed by atoms with Gasteiger partial charge in [0, 0.05) is 11.4 Å². The fourth-order valence-electron chi connectivity index (χ4n) is 1.66. The zero-order valence-electron chi connectivity index (χ0n) is 10.5. The minimum atomic E-state index is -3.71. The Morgan fingerprint density at radius 1 is 1.47 bits per heavy atom. The number of aromatic amines is 1. The first-order chi connectivity index (χ1) is 8.95. The molecule has 0 radical (unpaired) electrons. The van der Waals surface area contributed by atoms with Gasteiger partial charge in [0.05, 0.1) is 23.5 Å². The number of aliphatic hydroxyl groups excluding tert-OH is 1. The van der Waals surface area contributed by atoms with Gasteiger partial charge in [0.25, 0.3) is 0 Å². The Kier molecular flexibility index (Phi) is 3.99. The summed E-state index contributed by atoms with van der Waals surface area (Å²) in [5.41, 5.74) is 2.99. The van der Waals surface area contributed by atoms with Crippen molar-refractivity contribution in [2.45, 2.75) is 31.9 Å². The van der Waals surface area contributed by atoms with Crippen LogP contribution in [0.4, 0.5) is 0 Å². The highest BCUT2D eigenvalue weighted by Gasteiger charge is 2.24. The van der Waals surface area contributed by atoms with Crippen LogP contribution in [0.5, 0.6) is 0 Å². The molecule has 2 heterocycles. The molecular weight excluding hydrogens is 288 g/mol. The van der Waals surface area contributed by atoms with Gasteiger partial charge in [0.1, 0.15) is 10.6 Å². The predicted molar refractivity (Wildman–Crippen MR) is 70.1 cm³/mol. The van der Waals surface area contributed by atoms with Crippen molar-refractivity contribution in [2.24, 2.45) is 0 Å². The fourth-order valence-corrected chi connectivity index (χ4v) is 3.82. The van der Waals surface area contributed by atoms with Crippen LogP contribution in [0.15, 0.2) is 10.4 Å². The number of aliphatic hydroxyl groups is 1. The number of rotatable bonds is 5. The molecule has 0 aliphatic heterocycles. The molecule has 2 aromatic heterocycles. The SMILES string of the molecule is Cc1ncsc1CNS(=O)(=O)c1c(CO)n[nH]c1C. The van der Waals surface area contributed by atoms with Gasteiger partial charge in [-0.2, -0.15) is 5.10 Å². The number of H-pyrrole nitrogens is 1. The summed E-state index contributed by atoms with van der Waals surface area (Å²) in [5.74, 6) is 0. The van der Waals surface area contributed by atoms with Crippen LogP contribution < -0.4 is 4.72 Å². The summed E-state index contributed by atoms with van der Waals surface area (Å²) < 4.78 is 26.9. The van der Waals surface area contributed by atoms with Gasteiger partial charge >= 0.3 is 0 Å². The van der Waals surface area contributed by atoms with Crippen LogP contribution in [-0.2, 0) is 23.2 Å². The molecule has 2 rings (SSSR count). The lowest BCUT2D eigenvalue weighted by atomic mass is 10.4. The number of thiazole rings is 1. The standard InChI is InChI=1S/C10H14N4O3S2/c1-6-9(18-5-11-6)3-12-19(16,17)10-7(2)13-14-8(10)4-15/h5,12,15H,3-4H2,1-2H3,(H,13,14). The molecule has 2 aromatic rings. The molecule has 0 spiro atoms. The van der Waals surface area contributed by atoms with Crippen molar-refractivity contribution in [3.63, 3.8) is 0 Å². The quantitative estimate of drug-likeness (QED) is 0.743. The van der Waals surface area contributed by atoms with E-state index in [2.05, 4.69) is 19.9 Å². The summed E-state index contributed by atoms with van der Waals surface area (Å²) in [6.07, 6.45) is 0. The maximum absolute atomic E-state index is 12.2. The molecule has 0 fully saturated rings. The third-order valence-electron chi connectivity index (χ3n) is 2.65. The highest BCUT2D eigenvalue weighted by Crippen LogP contribution is 2.19. The van der Waals surface area contributed by atoms with Crippen LogP contribution in [0.25, 0.3) is 0 Å². The third-order valence-corrected chi connectivity index (χ3v) is 5.19. The van der Waals surface area contributed by atoms with E-state index in [0.29, 0.717) is 5.69 Å². The van der Waals surface area contributed by atoms with Gasteiger partial charge < -0.3 is 5.11 Å². The first-order valence-corrected chi connectivity index (χ1v) is 7.85. The number of hydrogen-bond donors (Lipinski definition) is 3. The number of aromatic nitrogens is 3. The second-order valence-electron chi connectivity index (χ2n) is 3.97. The van der Waals surface area contributed by atoms with Gasteiger partial charge in [0.15, 0.2) is 0 Å². The van der Waals surface area contributed by atoms with Gasteiger partial charge in [0.2, 0.25) is 10.0 Å². The Morgan fingerprint density at radius 3 is 2.79 bits per heavy atom. The predicted octanol–water partition coefficient (Wildman–Crippen LogP) is 0.454. The molecule has 9 heteroatoms. The first kappa shape index (κ1) is 14.1. The number of sulfonamides is 1. The highest BCUT2D eigenvalue weighted by molar-refractivity contribution is 7.89. The third kappa shape index (κ3) is 2.84. The molecule has 3 N–H and O–H groups in total. The van der Waals surface area contributed by atoms with Gasteiger partial charge in [-0.05, 0) is 13.8 Å². The molecule has 104 valence electrons. The largest absolute Gasteiger partial charge is 0.390 e. The Bertz CT molecular complexity index is 675.